The summed E-state index contributed by atoms with van der Waals surface area (Å²) in [6, 6.07) is 20.3. The summed E-state index contributed by atoms with van der Waals surface area (Å²) in [6.45, 7) is 0.691. The number of anilines is 2. The minimum Gasteiger partial charge on any atom is -0.346 e. The van der Waals surface area contributed by atoms with Crippen molar-refractivity contribution in [1.82, 2.24) is 14.5 Å². The summed E-state index contributed by atoms with van der Waals surface area (Å²) in [4.78, 5) is 20.0. The molecule has 0 saturated carbocycles. The normalized spacial score (nSPS) is 10.5. The number of nitrogens with one attached hydrogen (secondary N) is 3. The minimum atomic E-state index is -0.340. The maximum Gasteiger partial charge on any atom is 0.323 e. The van der Waals surface area contributed by atoms with E-state index >= 15 is 0 Å². The molecule has 3 N–H and O–H groups in total. The van der Waals surface area contributed by atoms with E-state index in [9.17, 15) is 4.79 Å². The Kier molecular flexibility index (Phi) is 5.79. The smallest absolute Gasteiger partial charge is 0.323 e. The third kappa shape index (κ3) is 4.00. The van der Waals surface area contributed by atoms with Crippen LogP contribution in [-0.2, 0) is 6.54 Å². The lowest BCUT2D eigenvalue weighted by Gasteiger charge is -2.10. The van der Waals surface area contributed by atoms with Gasteiger partial charge < -0.3 is 20.2 Å². The van der Waals surface area contributed by atoms with Gasteiger partial charge in [0.1, 0.15) is 5.65 Å². The Bertz CT molecular complexity index is 1450. The molecule has 5 aromatic rings. The van der Waals surface area contributed by atoms with Gasteiger partial charge in [-0.25, -0.2) is 9.78 Å². The average molecular weight is 443 g/mol. The van der Waals surface area contributed by atoms with Crippen molar-refractivity contribution in [2.75, 3.05) is 10.6 Å². The molecule has 32 heavy (non-hydrogen) atoms. The van der Waals surface area contributed by atoms with E-state index in [0.29, 0.717) is 17.8 Å². The van der Waals surface area contributed by atoms with Gasteiger partial charge in [0.25, 0.3) is 0 Å². The van der Waals surface area contributed by atoms with Crippen molar-refractivity contribution in [2.45, 2.75) is 6.54 Å². The molecule has 0 saturated heterocycles. The van der Waals surface area contributed by atoms with Crippen molar-refractivity contribution in [3.8, 4) is 6.07 Å². The molecular weight excluding hydrogens is 424 g/mol. The zero-order chi connectivity index (χ0) is 21.2. The second-order valence-corrected chi connectivity index (χ2v) is 7.16. The number of amides is 2. The van der Waals surface area contributed by atoms with E-state index in [1.807, 2.05) is 42.7 Å². The van der Waals surface area contributed by atoms with Crippen LogP contribution in [0.25, 0.3) is 21.9 Å². The number of carbonyl (C=O) groups excluding carboxylic acids is 1. The molecule has 8 heteroatoms. The Labute approximate surface area is 190 Å². The van der Waals surface area contributed by atoms with E-state index in [1.165, 1.54) is 0 Å². The lowest BCUT2D eigenvalue weighted by atomic mass is 10.2. The Hall–Kier alpha value is -4.28. The van der Waals surface area contributed by atoms with Crippen molar-refractivity contribution in [3.63, 3.8) is 0 Å². The number of nitriles is 1. The number of hydrogen-bond donors (Lipinski definition) is 3. The molecular formula is C24H19ClN6O. The van der Waals surface area contributed by atoms with Crippen LogP contribution >= 0.6 is 12.4 Å². The van der Waals surface area contributed by atoms with Crippen LogP contribution in [0.4, 0.5) is 16.2 Å². The van der Waals surface area contributed by atoms with Gasteiger partial charge in [0, 0.05) is 41.6 Å². The van der Waals surface area contributed by atoms with Gasteiger partial charge in [-0.3, -0.25) is 0 Å². The molecule has 2 amide bonds. The third-order valence-corrected chi connectivity index (χ3v) is 5.21. The summed E-state index contributed by atoms with van der Waals surface area (Å²) in [6.07, 6.45) is 5.77. The van der Waals surface area contributed by atoms with Crippen molar-refractivity contribution >= 4 is 51.7 Å². The highest BCUT2D eigenvalue weighted by atomic mass is 35.5. The summed E-state index contributed by atoms with van der Waals surface area (Å²) in [5.41, 5.74) is 4.93. The number of urea groups is 1. The zero-order valence-corrected chi connectivity index (χ0v) is 17.7. The number of aromatic nitrogens is 3. The molecule has 3 heterocycles. The van der Waals surface area contributed by atoms with Gasteiger partial charge in [-0.1, -0.05) is 6.07 Å². The van der Waals surface area contributed by atoms with Crippen molar-refractivity contribution in [1.29, 1.82) is 5.26 Å². The van der Waals surface area contributed by atoms with E-state index < -0.39 is 0 Å². The lowest BCUT2D eigenvalue weighted by molar-refractivity contribution is 0.262. The number of halogens is 1. The molecule has 3 aromatic heterocycles. The molecule has 2 aromatic carbocycles. The molecule has 0 fully saturated rings. The van der Waals surface area contributed by atoms with Crippen LogP contribution < -0.4 is 10.6 Å². The molecule has 7 nitrogen and oxygen atoms in total. The maximum atomic E-state index is 12.5. The van der Waals surface area contributed by atoms with Crippen LogP contribution in [0.2, 0.25) is 0 Å². The summed E-state index contributed by atoms with van der Waals surface area (Å²) in [5, 5.41) is 16.6. The van der Waals surface area contributed by atoms with Gasteiger partial charge in [-0.15, -0.1) is 12.4 Å². The molecule has 0 radical (unpaired) electrons. The summed E-state index contributed by atoms with van der Waals surface area (Å²) < 4.78 is 2.15. The first-order valence-electron chi connectivity index (χ1n) is 9.78. The number of H-pyrrole nitrogens is 1. The minimum absolute atomic E-state index is 0. The first kappa shape index (κ1) is 21.0. The highest BCUT2D eigenvalue weighted by molar-refractivity contribution is 6.05. The Balaban J connectivity index is 0.00000245. The van der Waals surface area contributed by atoms with E-state index in [1.54, 1.807) is 30.5 Å². The lowest BCUT2D eigenvalue weighted by Crippen LogP contribution is -2.19. The molecule has 5 rings (SSSR count). The highest BCUT2D eigenvalue weighted by Crippen LogP contribution is 2.26. The summed E-state index contributed by atoms with van der Waals surface area (Å²) in [7, 11) is 0. The Morgan fingerprint density at radius 1 is 1.03 bits per heavy atom. The number of pyridine rings is 1. The predicted molar refractivity (Wildman–Crippen MR) is 128 cm³/mol. The van der Waals surface area contributed by atoms with Crippen LogP contribution in [-0.4, -0.2) is 20.6 Å². The largest absolute Gasteiger partial charge is 0.346 e. The first-order valence-corrected chi connectivity index (χ1v) is 9.78. The van der Waals surface area contributed by atoms with Gasteiger partial charge >= 0.3 is 6.03 Å². The zero-order valence-electron chi connectivity index (χ0n) is 16.9. The molecule has 0 atom stereocenters. The highest BCUT2D eigenvalue weighted by Gasteiger charge is 2.11. The molecule has 158 valence electrons. The van der Waals surface area contributed by atoms with Crippen LogP contribution in [0.5, 0.6) is 0 Å². The number of carbonyl (C=O) groups is 1. The summed E-state index contributed by atoms with van der Waals surface area (Å²) in [5.74, 6) is 0. The second-order valence-electron chi connectivity index (χ2n) is 7.16. The monoisotopic (exact) mass is 442 g/mol. The number of nitrogens with zero attached hydrogens (tertiary/aromatic N) is 3. The van der Waals surface area contributed by atoms with Gasteiger partial charge in [-0.05, 0) is 60.2 Å². The maximum absolute atomic E-state index is 12.5. The fourth-order valence-corrected chi connectivity index (χ4v) is 3.71. The molecule has 0 aliphatic rings. The average Bonchev–Trinajstić information content (AvgIpc) is 3.40. The summed E-state index contributed by atoms with van der Waals surface area (Å²) >= 11 is 0. The number of hydrogen-bond acceptors (Lipinski definition) is 3. The SMILES string of the molecule is Cl.N#Cc1ccc(NC(=O)Nc2cccc3c2ccn3Cc2c[nH]c3ncccc23)cc1. The molecule has 0 aliphatic heterocycles. The van der Waals surface area contributed by atoms with Crippen LogP contribution in [0.1, 0.15) is 11.1 Å². The topological polar surface area (TPSA) is 98.5 Å². The molecule has 0 unspecified atom stereocenters. The number of benzene rings is 2. The molecule has 0 aliphatic carbocycles. The van der Waals surface area contributed by atoms with Gasteiger partial charge in [0.2, 0.25) is 0 Å². The van der Waals surface area contributed by atoms with E-state index in [0.717, 1.165) is 33.2 Å². The van der Waals surface area contributed by atoms with Gasteiger partial charge in [0.15, 0.2) is 0 Å². The third-order valence-electron chi connectivity index (χ3n) is 5.21. The number of aromatic amines is 1. The van der Waals surface area contributed by atoms with Crippen molar-refractivity contribution in [3.05, 3.63) is 90.4 Å². The molecule has 0 spiro atoms. The van der Waals surface area contributed by atoms with Crippen molar-refractivity contribution < 1.29 is 4.79 Å². The second kappa shape index (κ2) is 8.84. The van der Waals surface area contributed by atoms with Crippen LogP contribution in [0, 0.1) is 11.3 Å². The van der Waals surface area contributed by atoms with Crippen LogP contribution in [0.15, 0.2) is 79.3 Å². The van der Waals surface area contributed by atoms with E-state index in [-0.39, 0.29) is 18.4 Å². The quantitative estimate of drug-likeness (QED) is 0.342. The van der Waals surface area contributed by atoms with E-state index in [4.69, 9.17) is 5.26 Å². The van der Waals surface area contributed by atoms with Gasteiger partial charge in [-0.2, -0.15) is 5.26 Å². The first-order chi connectivity index (χ1) is 15.2. The standard InChI is InChI=1S/C24H18N6O.ClH/c25-13-16-6-8-18(9-7-16)28-24(31)29-21-4-1-5-22-20(21)10-12-30(22)15-17-14-27-23-19(17)3-2-11-26-23;/h1-12,14H,15H2,(H,26,27)(H2,28,29,31);1H. The number of fused-ring (bicyclic) bond motifs is 2. The fourth-order valence-electron chi connectivity index (χ4n) is 3.71. The van der Waals surface area contributed by atoms with Gasteiger partial charge in [0.05, 0.1) is 22.8 Å². The van der Waals surface area contributed by atoms with E-state index in [2.05, 4.69) is 37.3 Å². The van der Waals surface area contributed by atoms with Crippen LogP contribution in [0.3, 0.4) is 0 Å². The molecule has 0 bridgehead atoms. The van der Waals surface area contributed by atoms with Crippen molar-refractivity contribution in [2.24, 2.45) is 0 Å². The fraction of sp³-hybridized carbons (Fsp3) is 0.0417. The Morgan fingerprint density at radius 2 is 1.88 bits per heavy atom. The number of rotatable bonds is 4. The Morgan fingerprint density at radius 3 is 2.69 bits per heavy atom. The predicted octanol–water partition coefficient (Wildman–Crippen LogP) is 5.50.